The van der Waals surface area contributed by atoms with Gasteiger partial charge in [-0.2, -0.15) is 0 Å². The fraction of sp³-hybridized carbons (Fsp3) is 0.250. The van der Waals surface area contributed by atoms with Crippen molar-refractivity contribution in [1.29, 1.82) is 0 Å². The molecular formula is C28H30N4O3. The summed E-state index contributed by atoms with van der Waals surface area (Å²) in [5.74, 6) is 0.174. The second-order valence-corrected chi connectivity index (χ2v) is 9.51. The van der Waals surface area contributed by atoms with Crippen LogP contribution in [0.5, 0.6) is 0 Å². The molecule has 0 unspecified atom stereocenters. The number of hydrogen-bond donors (Lipinski definition) is 3. The molecule has 3 aromatic carbocycles. The second-order valence-electron chi connectivity index (χ2n) is 9.51. The zero-order valence-corrected chi connectivity index (χ0v) is 20.2. The predicted octanol–water partition coefficient (Wildman–Crippen LogP) is 4.72. The minimum absolute atomic E-state index is 0.293. The number of aromatic nitrogens is 1. The lowest BCUT2D eigenvalue weighted by Gasteiger charge is -2.24. The molecule has 1 heterocycles. The first kappa shape index (κ1) is 24.0. The molecule has 0 aliphatic carbocycles. The van der Waals surface area contributed by atoms with Gasteiger partial charge in [-0.15, -0.1) is 0 Å². The molecule has 0 aliphatic rings. The van der Waals surface area contributed by atoms with E-state index >= 15 is 0 Å². The molecule has 0 aliphatic heterocycles. The third kappa shape index (κ3) is 6.06. The van der Waals surface area contributed by atoms with Crippen molar-refractivity contribution in [2.24, 2.45) is 0 Å². The van der Waals surface area contributed by atoms with Gasteiger partial charge in [-0.25, -0.2) is 9.78 Å². The number of hydrogen-bond acceptors (Lipinski definition) is 5. The molecule has 0 saturated heterocycles. The zero-order chi connectivity index (χ0) is 25.0. The second kappa shape index (κ2) is 10.0. The van der Waals surface area contributed by atoms with E-state index in [1.165, 1.54) is 0 Å². The SMILES string of the molecule is CC(C)(C)OC(=O)N[C@@H](Cc1cccc2ccccc12)C(=O)NCc1ccc2c(N)nccc2c1. The van der Waals surface area contributed by atoms with Crippen molar-refractivity contribution >= 4 is 39.4 Å². The Balaban J connectivity index is 1.53. The Morgan fingerprint density at radius 3 is 2.54 bits per heavy atom. The van der Waals surface area contributed by atoms with Crippen LogP contribution in [0.15, 0.2) is 72.9 Å². The van der Waals surface area contributed by atoms with Crippen LogP contribution in [0.4, 0.5) is 10.6 Å². The van der Waals surface area contributed by atoms with Crippen LogP contribution in [0.25, 0.3) is 21.5 Å². The van der Waals surface area contributed by atoms with E-state index in [0.717, 1.165) is 32.7 Å². The van der Waals surface area contributed by atoms with Crippen LogP contribution in [0.3, 0.4) is 0 Å². The summed E-state index contributed by atoms with van der Waals surface area (Å²) in [5, 5.41) is 9.65. The average Bonchev–Trinajstić information content (AvgIpc) is 2.81. The summed E-state index contributed by atoms with van der Waals surface area (Å²) in [6, 6.07) is 20.8. The first-order valence-electron chi connectivity index (χ1n) is 11.6. The number of nitrogen functional groups attached to an aromatic ring is 1. The molecule has 4 N–H and O–H groups in total. The minimum Gasteiger partial charge on any atom is -0.444 e. The van der Waals surface area contributed by atoms with Crippen LogP contribution in [-0.2, 0) is 22.5 Å². The van der Waals surface area contributed by atoms with E-state index < -0.39 is 17.7 Å². The number of pyridine rings is 1. The number of carbonyl (C=O) groups excluding carboxylic acids is 2. The predicted molar refractivity (Wildman–Crippen MR) is 139 cm³/mol. The Morgan fingerprint density at radius 2 is 1.74 bits per heavy atom. The standard InChI is InChI=1S/C28H30N4O3/c1-28(2,3)35-27(34)32-24(16-20-9-6-8-19-7-4-5-10-22(19)20)26(33)31-17-18-11-12-23-21(15-18)13-14-30-25(23)29/h4-15,24H,16-17H2,1-3H3,(H2,29,30)(H,31,33)(H,32,34)/t24-/m0/s1. The van der Waals surface area contributed by atoms with Gasteiger partial charge in [0.15, 0.2) is 0 Å². The number of alkyl carbamates (subject to hydrolysis) is 1. The first-order valence-corrected chi connectivity index (χ1v) is 11.6. The molecule has 0 saturated carbocycles. The highest BCUT2D eigenvalue weighted by molar-refractivity contribution is 5.92. The summed E-state index contributed by atoms with van der Waals surface area (Å²) in [4.78, 5) is 29.9. The van der Waals surface area contributed by atoms with E-state index in [9.17, 15) is 9.59 Å². The average molecular weight is 471 g/mol. The Kier molecular flexibility index (Phi) is 6.87. The van der Waals surface area contributed by atoms with Gasteiger partial charge in [-0.1, -0.05) is 54.6 Å². The fourth-order valence-corrected chi connectivity index (χ4v) is 4.02. The van der Waals surface area contributed by atoms with E-state index in [1.54, 1.807) is 27.0 Å². The number of nitrogens with one attached hydrogen (secondary N) is 2. The topological polar surface area (TPSA) is 106 Å². The molecule has 1 aromatic heterocycles. The lowest BCUT2D eigenvalue weighted by molar-refractivity contribution is -0.123. The minimum atomic E-state index is -0.809. The van der Waals surface area contributed by atoms with Crippen LogP contribution >= 0.6 is 0 Å². The summed E-state index contributed by atoms with van der Waals surface area (Å²) >= 11 is 0. The molecule has 180 valence electrons. The van der Waals surface area contributed by atoms with Gasteiger partial charge in [0.25, 0.3) is 0 Å². The summed E-state index contributed by atoms with van der Waals surface area (Å²) < 4.78 is 5.42. The lowest BCUT2D eigenvalue weighted by atomic mass is 9.98. The number of nitrogens with two attached hydrogens (primary N) is 1. The maximum absolute atomic E-state index is 13.3. The Morgan fingerprint density at radius 1 is 0.971 bits per heavy atom. The fourth-order valence-electron chi connectivity index (χ4n) is 4.02. The number of anilines is 1. The Hall–Kier alpha value is -4.13. The molecule has 7 nitrogen and oxygen atoms in total. The van der Waals surface area contributed by atoms with Gasteiger partial charge in [0.2, 0.25) is 5.91 Å². The quantitative estimate of drug-likeness (QED) is 0.378. The highest BCUT2D eigenvalue weighted by atomic mass is 16.6. The van der Waals surface area contributed by atoms with Gasteiger partial charge in [0, 0.05) is 24.5 Å². The van der Waals surface area contributed by atoms with Gasteiger partial charge < -0.3 is 21.1 Å². The van der Waals surface area contributed by atoms with Crippen molar-refractivity contribution < 1.29 is 14.3 Å². The number of amides is 2. The van der Waals surface area contributed by atoms with Crippen LogP contribution in [-0.4, -0.2) is 28.6 Å². The molecular weight excluding hydrogens is 440 g/mol. The highest BCUT2D eigenvalue weighted by Crippen LogP contribution is 2.21. The van der Waals surface area contributed by atoms with Gasteiger partial charge >= 0.3 is 6.09 Å². The van der Waals surface area contributed by atoms with E-state index in [1.807, 2.05) is 66.7 Å². The molecule has 0 radical (unpaired) electrons. The van der Waals surface area contributed by atoms with Gasteiger partial charge in [0.05, 0.1) is 0 Å². The molecule has 0 spiro atoms. The smallest absolute Gasteiger partial charge is 0.408 e. The van der Waals surface area contributed by atoms with Gasteiger partial charge in [0.1, 0.15) is 17.5 Å². The number of rotatable bonds is 6. The van der Waals surface area contributed by atoms with Crippen LogP contribution < -0.4 is 16.4 Å². The maximum atomic E-state index is 13.3. The molecule has 4 rings (SSSR count). The molecule has 35 heavy (non-hydrogen) atoms. The number of benzene rings is 3. The van der Waals surface area contributed by atoms with E-state index in [0.29, 0.717) is 18.8 Å². The molecule has 0 bridgehead atoms. The summed E-state index contributed by atoms with van der Waals surface area (Å²) in [5.41, 5.74) is 7.14. The third-order valence-corrected chi connectivity index (χ3v) is 5.64. The monoisotopic (exact) mass is 470 g/mol. The van der Waals surface area contributed by atoms with Crippen molar-refractivity contribution in [2.45, 2.75) is 45.4 Å². The number of carbonyl (C=O) groups is 2. The first-order chi connectivity index (χ1) is 16.7. The van der Waals surface area contributed by atoms with E-state index in [-0.39, 0.29) is 5.91 Å². The van der Waals surface area contributed by atoms with Gasteiger partial charge in [-0.05, 0) is 60.2 Å². The van der Waals surface area contributed by atoms with Crippen LogP contribution in [0.2, 0.25) is 0 Å². The van der Waals surface area contributed by atoms with Gasteiger partial charge in [-0.3, -0.25) is 4.79 Å². The highest BCUT2D eigenvalue weighted by Gasteiger charge is 2.25. The molecule has 2 amide bonds. The Labute approximate surface area is 204 Å². The zero-order valence-electron chi connectivity index (χ0n) is 20.2. The molecule has 0 fully saturated rings. The maximum Gasteiger partial charge on any atom is 0.408 e. The molecule has 7 heteroatoms. The summed E-state index contributed by atoms with van der Waals surface area (Å²) in [6.45, 7) is 5.66. The van der Waals surface area contributed by atoms with E-state index in [2.05, 4.69) is 15.6 Å². The van der Waals surface area contributed by atoms with Crippen molar-refractivity contribution in [2.75, 3.05) is 5.73 Å². The van der Waals surface area contributed by atoms with Crippen molar-refractivity contribution in [3.8, 4) is 0 Å². The summed E-state index contributed by atoms with van der Waals surface area (Å²) in [7, 11) is 0. The van der Waals surface area contributed by atoms with E-state index in [4.69, 9.17) is 10.5 Å². The molecule has 1 atom stereocenters. The lowest BCUT2D eigenvalue weighted by Crippen LogP contribution is -2.49. The number of fused-ring (bicyclic) bond motifs is 2. The van der Waals surface area contributed by atoms with Crippen molar-refractivity contribution in [1.82, 2.24) is 15.6 Å². The Bertz CT molecular complexity index is 1370. The van der Waals surface area contributed by atoms with Crippen LogP contribution in [0.1, 0.15) is 31.9 Å². The van der Waals surface area contributed by atoms with Crippen molar-refractivity contribution in [3.63, 3.8) is 0 Å². The number of nitrogens with zero attached hydrogens (tertiary/aromatic N) is 1. The largest absolute Gasteiger partial charge is 0.444 e. The number of ether oxygens (including phenoxy) is 1. The third-order valence-electron chi connectivity index (χ3n) is 5.64. The van der Waals surface area contributed by atoms with Crippen molar-refractivity contribution in [3.05, 3.63) is 84.1 Å². The van der Waals surface area contributed by atoms with Crippen LogP contribution in [0, 0.1) is 0 Å². The summed E-state index contributed by atoms with van der Waals surface area (Å²) in [6.07, 6.45) is 1.35. The molecule has 4 aromatic rings. The normalized spacial score (nSPS) is 12.3.